The average molecular weight is 352 g/mol. The fraction of sp³-hybridized carbons (Fsp3) is 0.200. The van der Waals surface area contributed by atoms with E-state index in [-0.39, 0.29) is 12.3 Å². The Bertz CT molecular complexity index is 900. The van der Waals surface area contributed by atoms with Crippen LogP contribution < -0.4 is 14.8 Å². The van der Waals surface area contributed by atoms with Crippen LogP contribution in [0.2, 0.25) is 0 Å². The van der Waals surface area contributed by atoms with Crippen molar-refractivity contribution in [3.63, 3.8) is 0 Å². The van der Waals surface area contributed by atoms with Gasteiger partial charge < -0.3 is 19.2 Å². The monoisotopic (exact) mass is 352 g/mol. The largest absolute Gasteiger partial charge is 0.497 e. The molecule has 0 atom stereocenters. The van der Waals surface area contributed by atoms with Crippen LogP contribution in [0.5, 0.6) is 11.5 Å². The molecule has 0 aliphatic heterocycles. The summed E-state index contributed by atoms with van der Waals surface area (Å²) in [6, 6.07) is 14.6. The van der Waals surface area contributed by atoms with Crippen molar-refractivity contribution >= 4 is 11.6 Å². The molecule has 0 aliphatic carbocycles. The van der Waals surface area contributed by atoms with Crippen LogP contribution in [0.15, 0.2) is 52.9 Å². The molecule has 0 saturated heterocycles. The second kappa shape index (κ2) is 7.74. The van der Waals surface area contributed by atoms with Crippen LogP contribution in [-0.4, -0.2) is 25.1 Å². The highest BCUT2D eigenvalue weighted by Gasteiger charge is 2.15. The maximum absolute atomic E-state index is 12.3. The van der Waals surface area contributed by atoms with Crippen molar-refractivity contribution in [3.05, 3.63) is 60.0 Å². The van der Waals surface area contributed by atoms with E-state index in [0.717, 1.165) is 17.1 Å². The summed E-state index contributed by atoms with van der Waals surface area (Å²) in [6.45, 7) is 1.80. The maximum Gasteiger partial charge on any atom is 0.230 e. The van der Waals surface area contributed by atoms with Crippen molar-refractivity contribution in [2.45, 2.75) is 13.3 Å². The summed E-state index contributed by atoms with van der Waals surface area (Å²) in [6.07, 6.45) is 0.130. The van der Waals surface area contributed by atoms with Gasteiger partial charge in [0.1, 0.15) is 17.3 Å². The Labute approximate surface area is 151 Å². The number of oxazole rings is 1. The molecule has 3 rings (SSSR count). The molecule has 2 aromatic carbocycles. The Hall–Kier alpha value is -3.28. The van der Waals surface area contributed by atoms with Crippen molar-refractivity contribution in [2.24, 2.45) is 0 Å². The van der Waals surface area contributed by atoms with E-state index in [0.29, 0.717) is 23.0 Å². The number of hydrogen-bond donors (Lipinski definition) is 1. The lowest BCUT2D eigenvalue weighted by Gasteiger charge is -2.05. The van der Waals surface area contributed by atoms with E-state index in [1.165, 1.54) is 0 Å². The molecular formula is C20H20N2O4. The van der Waals surface area contributed by atoms with Crippen LogP contribution in [0, 0.1) is 6.92 Å². The van der Waals surface area contributed by atoms with Crippen LogP contribution in [-0.2, 0) is 11.2 Å². The molecule has 0 spiro atoms. The number of carbonyl (C=O) groups is 1. The van der Waals surface area contributed by atoms with Gasteiger partial charge in [0, 0.05) is 11.3 Å². The van der Waals surface area contributed by atoms with Crippen LogP contribution in [0.3, 0.4) is 0 Å². The van der Waals surface area contributed by atoms with Crippen molar-refractivity contribution in [1.29, 1.82) is 0 Å². The fourth-order valence-corrected chi connectivity index (χ4v) is 2.50. The minimum absolute atomic E-state index is 0.130. The van der Waals surface area contributed by atoms with Crippen molar-refractivity contribution in [1.82, 2.24) is 4.98 Å². The summed E-state index contributed by atoms with van der Waals surface area (Å²) in [4.78, 5) is 16.8. The van der Waals surface area contributed by atoms with E-state index in [4.69, 9.17) is 13.9 Å². The maximum atomic E-state index is 12.3. The summed E-state index contributed by atoms with van der Waals surface area (Å²) in [5.74, 6) is 2.38. The molecule has 0 saturated carbocycles. The number of carbonyl (C=O) groups excluding carboxylic acids is 1. The van der Waals surface area contributed by atoms with Gasteiger partial charge in [-0.1, -0.05) is 6.07 Å². The minimum atomic E-state index is -0.163. The van der Waals surface area contributed by atoms with Crippen LogP contribution in [0.25, 0.3) is 11.5 Å². The lowest BCUT2D eigenvalue weighted by atomic mass is 10.2. The van der Waals surface area contributed by atoms with Gasteiger partial charge in [0.2, 0.25) is 11.8 Å². The van der Waals surface area contributed by atoms with Gasteiger partial charge in [-0.25, -0.2) is 4.98 Å². The van der Waals surface area contributed by atoms with Crippen LogP contribution in [0.1, 0.15) is 11.5 Å². The third-order valence-corrected chi connectivity index (χ3v) is 3.91. The molecule has 26 heavy (non-hydrogen) atoms. The number of ether oxygens (including phenoxy) is 2. The van der Waals surface area contributed by atoms with Crippen molar-refractivity contribution in [3.8, 4) is 23.0 Å². The number of nitrogens with one attached hydrogen (secondary N) is 1. The molecule has 6 heteroatoms. The molecule has 0 radical (unpaired) electrons. The standard InChI is InChI=1S/C20H20N2O4/c1-13-18(12-19(23)21-15-7-9-16(24-2)10-8-15)22-20(26-13)14-5-4-6-17(11-14)25-3/h4-11H,12H2,1-3H3,(H,21,23). The highest BCUT2D eigenvalue weighted by molar-refractivity contribution is 5.92. The lowest BCUT2D eigenvalue weighted by Crippen LogP contribution is -2.15. The van der Waals surface area contributed by atoms with E-state index < -0.39 is 0 Å². The second-order valence-electron chi connectivity index (χ2n) is 5.71. The Morgan fingerprint density at radius 2 is 1.81 bits per heavy atom. The summed E-state index contributed by atoms with van der Waals surface area (Å²) in [7, 11) is 3.20. The number of nitrogens with zero attached hydrogens (tertiary/aromatic N) is 1. The first-order valence-electron chi connectivity index (χ1n) is 8.13. The van der Waals surface area contributed by atoms with E-state index >= 15 is 0 Å². The van der Waals surface area contributed by atoms with E-state index in [9.17, 15) is 4.79 Å². The number of aromatic nitrogens is 1. The molecule has 0 fully saturated rings. The van der Waals surface area contributed by atoms with Crippen LogP contribution >= 0.6 is 0 Å². The van der Waals surface area contributed by atoms with Gasteiger partial charge in [0.05, 0.1) is 26.3 Å². The zero-order valence-corrected chi connectivity index (χ0v) is 14.9. The van der Waals surface area contributed by atoms with Gasteiger partial charge in [0.15, 0.2) is 0 Å². The molecule has 1 heterocycles. The van der Waals surface area contributed by atoms with Gasteiger partial charge >= 0.3 is 0 Å². The SMILES string of the molecule is COc1ccc(NC(=O)Cc2nc(-c3cccc(OC)c3)oc2C)cc1. The highest BCUT2D eigenvalue weighted by atomic mass is 16.5. The first-order chi connectivity index (χ1) is 12.6. The number of hydrogen-bond acceptors (Lipinski definition) is 5. The Balaban J connectivity index is 1.71. The predicted molar refractivity (Wildman–Crippen MR) is 98.6 cm³/mol. The third kappa shape index (κ3) is 4.03. The van der Waals surface area contributed by atoms with Gasteiger partial charge in [-0.3, -0.25) is 4.79 Å². The topological polar surface area (TPSA) is 73.6 Å². The number of benzene rings is 2. The fourth-order valence-electron chi connectivity index (χ4n) is 2.50. The molecule has 0 aliphatic rings. The molecule has 1 N–H and O–H groups in total. The van der Waals surface area contributed by atoms with Gasteiger partial charge in [-0.2, -0.15) is 0 Å². The average Bonchev–Trinajstić information content (AvgIpc) is 3.03. The first kappa shape index (κ1) is 17.5. The van der Waals surface area contributed by atoms with Gasteiger partial charge in [-0.15, -0.1) is 0 Å². The molecule has 1 aromatic heterocycles. The summed E-state index contributed by atoms with van der Waals surface area (Å²) in [5, 5.41) is 2.84. The second-order valence-corrected chi connectivity index (χ2v) is 5.71. The van der Waals surface area contributed by atoms with E-state index in [1.807, 2.05) is 24.3 Å². The summed E-state index contributed by atoms with van der Waals surface area (Å²) < 4.78 is 16.0. The molecule has 6 nitrogen and oxygen atoms in total. The number of amides is 1. The third-order valence-electron chi connectivity index (χ3n) is 3.91. The summed E-state index contributed by atoms with van der Waals surface area (Å²) in [5.41, 5.74) is 2.10. The Morgan fingerprint density at radius 3 is 2.50 bits per heavy atom. The Morgan fingerprint density at radius 1 is 1.08 bits per heavy atom. The normalized spacial score (nSPS) is 10.4. The van der Waals surface area contributed by atoms with E-state index in [2.05, 4.69) is 10.3 Å². The molecule has 1 amide bonds. The zero-order chi connectivity index (χ0) is 18.5. The molecule has 0 bridgehead atoms. The predicted octanol–water partition coefficient (Wildman–Crippen LogP) is 3.85. The summed E-state index contributed by atoms with van der Waals surface area (Å²) >= 11 is 0. The number of rotatable bonds is 6. The highest BCUT2D eigenvalue weighted by Crippen LogP contribution is 2.25. The van der Waals surface area contributed by atoms with Gasteiger partial charge in [-0.05, 0) is 49.4 Å². The minimum Gasteiger partial charge on any atom is -0.497 e. The zero-order valence-electron chi connectivity index (χ0n) is 14.9. The quantitative estimate of drug-likeness (QED) is 0.729. The van der Waals surface area contributed by atoms with Crippen LogP contribution in [0.4, 0.5) is 5.69 Å². The Kier molecular flexibility index (Phi) is 5.22. The van der Waals surface area contributed by atoms with Crippen molar-refractivity contribution < 1.29 is 18.7 Å². The lowest BCUT2D eigenvalue weighted by molar-refractivity contribution is -0.115. The van der Waals surface area contributed by atoms with Crippen molar-refractivity contribution in [2.75, 3.05) is 19.5 Å². The number of aryl methyl sites for hydroxylation is 1. The smallest absolute Gasteiger partial charge is 0.230 e. The molecular weight excluding hydrogens is 332 g/mol. The molecule has 3 aromatic rings. The van der Waals surface area contributed by atoms with Gasteiger partial charge in [0.25, 0.3) is 0 Å². The van der Waals surface area contributed by atoms with E-state index in [1.54, 1.807) is 45.4 Å². The number of methoxy groups -OCH3 is 2. The first-order valence-corrected chi connectivity index (χ1v) is 8.13. The molecule has 0 unspecified atom stereocenters. The molecule has 134 valence electrons. The number of anilines is 1.